The van der Waals surface area contributed by atoms with E-state index in [9.17, 15) is 9.18 Å². The van der Waals surface area contributed by atoms with Crippen LogP contribution >= 0.6 is 46.3 Å². The van der Waals surface area contributed by atoms with Gasteiger partial charge in [-0.15, -0.1) is 10.2 Å². The zero-order valence-corrected chi connectivity index (χ0v) is 15.6. The summed E-state index contributed by atoms with van der Waals surface area (Å²) in [4.78, 5) is 12.2. The Hall–Kier alpha value is -1.67. The van der Waals surface area contributed by atoms with Crippen LogP contribution in [0, 0.1) is 5.82 Å². The number of anilines is 1. The third-order valence-corrected chi connectivity index (χ3v) is 5.73. The molecule has 0 unspecified atom stereocenters. The molecule has 1 N–H and O–H groups in total. The van der Waals surface area contributed by atoms with Crippen molar-refractivity contribution in [2.45, 2.75) is 10.1 Å². The van der Waals surface area contributed by atoms with Gasteiger partial charge in [0, 0.05) is 5.75 Å². The number of nitrogens with one attached hydrogen (secondary N) is 1. The Labute approximate surface area is 161 Å². The number of carbonyl (C=O) groups excluding carboxylic acids is 1. The lowest BCUT2D eigenvalue weighted by molar-refractivity contribution is 0.102. The predicted molar refractivity (Wildman–Crippen MR) is 100 cm³/mol. The molecule has 0 atom stereocenters. The van der Waals surface area contributed by atoms with Crippen molar-refractivity contribution < 1.29 is 9.18 Å². The number of amides is 1. The number of hydrogen-bond acceptors (Lipinski definition) is 5. The lowest BCUT2D eigenvalue weighted by Crippen LogP contribution is -2.12. The van der Waals surface area contributed by atoms with Crippen molar-refractivity contribution in [3.05, 3.63) is 69.5 Å². The number of aromatic nitrogens is 2. The lowest BCUT2D eigenvalue weighted by atomic mass is 10.2. The van der Waals surface area contributed by atoms with Crippen molar-refractivity contribution in [1.82, 2.24) is 10.2 Å². The Kier molecular flexibility index (Phi) is 5.90. The fourth-order valence-electron chi connectivity index (χ4n) is 1.90. The van der Waals surface area contributed by atoms with E-state index >= 15 is 0 Å². The zero-order valence-electron chi connectivity index (χ0n) is 12.5. The van der Waals surface area contributed by atoms with Gasteiger partial charge in [0.25, 0.3) is 5.91 Å². The first-order valence-electron chi connectivity index (χ1n) is 6.99. The predicted octanol–water partition coefficient (Wildman–Crippen LogP) is 5.53. The molecule has 25 heavy (non-hydrogen) atoms. The number of benzene rings is 2. The molecule has 3 rings (SSSR count). The topological polar surface area (TPSA) is 54.9 Å². The number of nitrogens with zero attached hydrogens (tertiary/aromatic N) is 2. The fourth-order valence-corrected chi connectivity index (χ4v) is 4.07. The Morgan fingerprint density at radius 3 is 2.68 bits per heavy atom. The summed E-state index contributed by atoms with van der Waals surface area (Å²) in [7, 11) is 0. The summed E-state index contributed by atoms with van der Waals surface area (Å²) in [6.07, 6.45) is 0. The van der Waals surface area contributed by atoms with Gasteiger partial charge in [0.15, 0.2) is 4.34 Å². The molecule has 0 aliphatic heterocycles. The van der Waals surface area contributed by atoms with Gasteiger partial charge in [-0.3, -0.25) is 10.1 Å². The SMILES string of the molecule is O=C(Nc1nnc(SCc2ccccc2)s1)c1cc(F)c(Cl)cc1Cl. The van der Waals surface area contributed by atoms with Crippen molar-refractivity contribution in [2.75, 3.05) is 5.32 Å². The van der Waals surface area contributed by atoms with Crippen LogP contribution in [0.4, 0.5) is 9.52 Å². The summed E-state index contributed by atoms with van der Waals surface area (Å²) in [5.41, 5.74) is 1.15. The van der Waals surface area contributed by atoms with Crippen LogP contribution < -0.4 is 5.32 Å². The molecule has 1 amide bonds. The summed E-state index contributed by atoms with van der Waals surface area (Å²) >= 11 is 14.3. The standard InChI is InChI=1S/C16H10Cl2FN3OS2/c17-11-7-12(18)13(19)6-10(11)14(23)20-15-21-22-16(25-15)24-8-9-4-2-1-3-5-9/h1-7H,8H2,(H,20,21,23). The van der Waals surface area contributed by atoms with Crippen LogP contribution in [0.15, 0.2) is 46.8 Å². The molecule has 0 saturated heterocycles. The molecule has 0 spiro atoms. The lowest BCUT2D eigenvalue weighted by Gasteiger charge is -2.05. The number of hydrogen-bond donors (Lipinski definition) is 1. The largest absolute Gasteiger partial charge is 0.296 e. The molecular weight excluding hydrogens is 404 g/mol. The van der Waals surface area contributed by atoms with Crippen molar-refractivity contribution in [3.63, 3.8) is 0 Å². The third kappa shape index (κ3) is 4.70. The molecular formula is C16H10Cl2FN3OS2. The highest BCUT2D eigenvalue weighted by molar-refractivity contribution is 8.00. The first-order chi connectivity index (χ1) is 12.0. The molecule has 0 aliphatic carbocycles. The molecule has 3 aromatic rings. The minimum absolute atomic E-state index is 0.0164. The number of thioether (sulfide) groups is 1. The van der Waals surface area contributed by atoms with Crippen LogP contribution in [0.3, 0.4) is 0 Å². The monoisotopic (exact) mass is 413 g/mol. The molecule has 4 nitrogen and oxygen atoms in total. The second-order valence-electron chi connectivity index (χ2n) is 4.85. The maximum absolute atomic E-state index is 13.5. The molecule has 1 aromatic heterocycles. The highest BCUT2D eigenvalue weighted by atomic mass is 35.5. The van der Waals surface area contributed by atoms with Gasteiger partial charge in [0.1, 0.15) is 5.82 Å². The van der Waals surface area contributed by atoms with E-state index in [0.29, 0.717) is 9.47 Å². The average Bonchev–Trinajstić information content (AvgIpc) is 3.04. The molecule has 2 aromatic carbocycles. The van der Waals surface area contributed by atoms with Gasteiger partial charge in [0.05, 0.1) is 15.6 Å². The number of rotatable bonds is 5. The summed E-state index contributed by atoms with van der Waals surface area (Å²) < 4.78 is 14.2. The Balaban J connectivity index is 1.65. The van der Waals surface area contributed by atoms with Crippen molar-refractivity contribution >= 4 is 57.3 Å². The Morgan fingerprint density at radius 2 is 1.92 bits per heavy atom. The Morgan fingerprint density at radius 1 is 1.16 bits per heavy atom. The molecule has 0 bridgehead atoms. The van der Waals surface area contributed by atoms with E-state index in [1.165, 1.54) is 29.2 Å². The second kappa shape index (κ2) is 8.14. The van der Waals surface area contributed by atoms with Crippen LogP contribution in [0.1, 0.15) is 15.9 Å². The quantitative estimate of drug-likeness (QED) is 0.339. The number of halogens is 3. The maximum Gasteiger partial charge on any atom is 0.259 e. The number of carbonyl (C=O) groups is 1. The van der Waals surface area contributed by atoms with Gasteiger partial charge in [-0.25, -0.2) is 4.39 Å². The summed E-state index contributed by atoms with van der Waals surface area (Å²) in [5, 5.41) is 10.7. The van der Waals surface area contributed by atoms with Crippen molar-refractivity contribution in [2.24, 2.45) is 0 Å². The molecule has 0 radical (unpaired) electrons. The van der Waals surface area contributed by atoms with E-state index in [0.717, 1.165) is 17.4 Å². The molecule has 0 saturated carbocycles. The maximum atomic E-state index is 13.5. The molecule has 128 valence electrons. The molecule has 0 fully saturated rings. The average molecular weight is 414 g/mol. The first kappa shape index (κ1) is 18.1. The minimum atomic E-state index is -0.715. The van der Waals surface area contributed by atoms with Crippen molar-refractivity contribution in [1.29, 1.82) is 0 Å². The minimum Gasteiger partial charge on any atom is -0.296 e. The van der Waals surface area contributed by atoms with Gasteiger partial charge < -0.3 is 0 Å². The van der Waals surface area contributed by atoms with E-state index in [4.69, 9.17) is 23.2 Å². The summed E-state index contributed by atoms with van der Waals surface area (Å²) in [5.74, 6) is -0.540. The molecule has 1 heterocycles. The van der Waals surface area contributed by atoms with E-state index in [1.807, 2.05) is 30.3 Å². The van der Waals surface area contributed by atoms with Gasteiger partial charge in [-0.2, -0.15) is 0 Å². The van der Waals surface area contributed by atoms with Gasteiger partial charge in [0.2, 0.25) is 5.13 Å². The van der Waals surface area contributed by atoms with E-state index in [1.54, 1.807) is 0 Å². The van der Waals surface area contributed by atoms with Crippen LogP contribution in [-0.4, -0.2) is 16.1 Å². The molecule has 9 heteroatoms. The first-order valence-corrected chi connectivity index (χ1v) is 9.55. The van der Waals surface area contributed by atoms with Gasteiger partial charge in [-0.05, 0) is 17.7 Å². The van der Waals surface area contributed by atoms with Crippen LogP contribution in [0.25, 0.3) is 0 Å². The van der Waals surface area contributed by atoms with Crippen LogP contribution in [-0.2, 0) is 5.75 Å². The van der Waals surface area contributed by atoms with Gasteiger partial charge >= 0.3 is 0 Å². The van der Waals surface area contributed by atoms with Crippen LogP contribution in [0.2, 0.25) is 10.0 Å². The fraction of sp³-hybridized carbons (Fsp3) is 0.0625. The van der Waals surface area contributed by atoms with Crippen LogP contribution in [0.5, 0.6) is 0 Å². The van der Waals surface area contributed by atoms with E-state index in [-0.39, 0.29) is 15.6 Å². The van der Waals surface area contributed by atoms with E-state index < -0.39 is 11.7 Å². The third-order valence-electron chi connectivity index (χ3n) is 3.09. The van der Waals surface area contributed by atoms with Crippen molar-refractivity contribution in [3.8, 4) is 0 Å². The summed E-state index contributed by atoms with van der Waals surface area (Å²) in [6.45, 7) is 0. The van der Waals surface area contributed by atoms with Gasteiger partial charge in [-0.1, -0.05) is 76.6 Å². The molecule has 0 aliphatic rings. The smallest absolute Gasteiger partial charge is 0.259 e. The summed E-state index contributed by atoms with van der Waals surface area (Å²) in [6, 6.07) is 12.1. The second-order valence-corrected chi connectivity index (χ2v) is 7.86. The highest BCUT2D eigenvalue weighted by Crippen LogP contribution is 2.29. The Bertz CT molecular complexity index is 906. The zero-order chi connectivity index (χ0) is 17.8. The normalized spacial score (nSPS) is 10.7. The van der Waals surface area contributed by atoms with E-state index in [2.05, 4.69) is 15.5 Å². The highest BCUT2D eigenvalue weighted by Gasteiger charge is 2.16.